The van der Waals surface area contributed by atoms with Gasteiger partial charge in [-0.25, -0.2) is 4.98 Å². The van der Waals surface area contributed by atoms with Crippen molar-refractivity contribution < 1.29 is 0 Å². The fourth-order valence-electron chi connectivity index (χ4n) is 2.27. The normalized spacial score (nSPS) is 17.7. The van der Waals surface area contributed by atoms with Gasteiger partial charge >= 0.3 is 0 Å². The minimum Gasteiger partial charge on any atom is -0.224 e. The quantitative estimate of drug-likeness (QED) is 0.619. The van der Waals surface area contributed by atoms with Gasteiger partial charge in [-0.3, -0.25) is 0 Å². The lowest BCUT2D eigenvalue weighted by molar-refractivity contribution is 0.442. The first-order chi connectivity index (χ1) is 9.93. The molecule has 0 N–H and O–H groups in total. The summed E-state index contributed by atoms with van der Waals surface area (Å²) < 4.78 is 4.48. The molecule has 0 unspecified atom stereocenters. The van der Waals surface area contributed by atoms with Gasteiger partial charge in [0.1, 0.15) is 10.8 Å². The molecule has 0 aliphatic heterocycles. The van der Waals surface area contributed by atoms with Gasteiger partial charge in [-0.1, -0.05) is 60.8 Å². The summed E-state index contributed by atoms with van der Waals surface area (Å²) in [6.07, 6.45) is 9.54. The minimum atomic E-state index is 0.726. The smallest absolute Gasteiger partial charge is 0.145 e. The van der Waals surface area contributed by atoms with Crippen LogP contribution in [0.2, 0.25) is 0 Å². The molecular weight excluding hydrogens is 264 g/mol. The topological polar surface area (TPSA) is 25.8 Å². The van der Waals surface area contributed by atoms with Crippen LogP contribution in [0.5, 0.6) is 0 Å². The minimum absolute atomic E-state index is 0.726. The second kappa shape index (κ2) is 12.3. The maximum absolute atomic E-state index is 4.70. The molecule has 2 nitrogen and oxygen atoms in total. The lowest BCUT2D eigenvalue weighted by atomic mass is 9.90. The van der Waals surface area contributed by atoms with Gasteiger partial charge in [-0.05, 0) is 37.2 Å². The van der Waals surface area contributed by atoms with Gasteiger partial charge in [0, 0.05) is 11.8 Å². The molecule has 0 spiro atoms. The first kappa shape index (κ1) is 19.6. The van der Waals surface area contributed by atoms with Crippen LogP contribution in [0.4, 0.5) is 0 Å². The van der Waals surface area contributed by atoms with Crippen molar-refractivity contribution in [2.75, 3.05) is 0 Å². The summed E-state index contributed by atoms with van der Waals surface area (Å²) >= 11 is 1.66. The molecule has 0 aromatic carbocycles. The molecule has 118 valence electrons. The van der Waals surface area contributed by atoms with E-state index in [0.29, 0.717) is 0 Å². The Morgan fingerprint density at radius 1 is 0.750 bits per heavy atom. The molecule has 2 fully saturated rings. The Hall–Kier alpha value is -0.440. The number of aromatic nitrogens is 2. The van der Waals surface area contributed by atoms with Crippen molar-refractivity contribution >= 4 is 11.5 Å². The van der Waals surface area contributed by atoms with Crippen LogP contribution in [-0.2, 0) is 0 Å². The summed E-state index contributed by atoms with van der Waals surface area (Å²) in [4.78, 5) is 4.70. The van der Waals surface area contributed by atoms with Crippen molar-refractivity contribution in [3.05, 3.63) is 10.8 Å². The van der Waals surface area contributed by atoms with E-state index in [-0.39, 0.29) is 0 Å². The molecule has 0 saturated heterocycles. The maximum Gasteiger partial charge on any atom is 0.145 e. The highest BCUT2D eigenvalue weighted by Gasteiger charge is 2.29. The highest BCUT2D eigenvalue weighted by molar-refractivity contribution is 7.05. The Kier molecular flexibility index (Phi) is 12.0. The maximum atomic E-state index is 4.70. The van der Waals surface area contributed by atoms with Crippen LogP contribution < -0.4 is 0 Å². The third-order valence-corrected chi connectivity index (χ3v) is 4.24. The van der Waals surface area contributed by atoms with E-state index in [1.807, 2.05) is 41.5 Å². The lowest BCUT2D eigenvalue weighted by Crippen LogP contribution is -2.04. The van der Waals surface area contributed by atoms with E-state index >= 15 is 0 Å². The standard InChI is InChI=1S/C11H16N2S.3C2H6/c1-2-4-9(5-3-1)11-12-10(13-14-11)8-6-7-8;3*1-2/h8-9H,1-7H2;3*1-2H3. The molecule has 1 aromatic rings. The van der Waals surface area contributed by atoms with Gasteiger partial charge in [0.25, 0.3) is 0 Å². The van der Waals surface area contributed by atoms with Crippen molar-refractivity contribution in [1.82, 2.24) is 9.36 Å². The van der Waals surface area contributed by atoms with Crippen molar-refractivity contribution in [3.8, 4) is 0 Å². The first-order valence-corrected chi connectivity index (χ1v) is 9.54. The Balaban J connectivity index is 0.000000538. The number of nitrogens with zero attached hydrogens (tertiary/aromatic N) is 2. The molecule has 0 amide bonds. The van der Waals surface area contributed by atoms with E-state index < -0.39 is 0 Å². The van der Waals surface area contributed by atoms with Gasteiger partial charge in [-0.2, -0.15) is 4.37 Å². The third-order valence-electron chi connectivity index (χ3n) is 3.35. The fraction of sp³-hybridized carbons (Fsp3) is 0.882. The molecule has 20 heavy (non-hydrogen) atoms. The molecule has 2 aliphatic carbocycles. The summed E-state index contributed by atoms with van der Waals surface area (Å²) in [6.45, 7) is 12.0. The summed E-state index contributed by atoms with van der Waals surface area (Å²) in [5.74, 6) is 2.62. The zero-order valence-electron chi connectivity index (χ0n) is 14.4. The molecule has 3 rings (SSSR count). The predicted molar refractivity (Wildman–Crippen MR) is 91.8 cm³/mol. The second-order valence-electron chi connectivity index (χ2n) is 4.60. The number of rotatable bonds is 2. The zero-order valence-corrected chi connectivity index (χ0v) is 15.2. The average molecular weight is 299 g/mol. The lowest BCUT2D eigenvalue weighted by Gasteiger charge is -2.18. The number of hydrogen-bond donors (Lipinski definition) is 0. The first-order valence-electron chi connectivity index (χ1n) is 8.77. The molecule has 3 heteroatoms. The van der Waals surface area contributed by atoms with E-state index in [1.165, 1.54) is 50.0 Å². The average Bonchev–Trinajstić information content (AvgIpc) is 3.31. The van der Waals surface area contributed by atoms with E-state index in [2.05, 4.69) is 4.37 Å². The summed E-state index contributed by atoms with van der Waals surface area (Å²) in [5, 5.41) is 1.33. The van der Waals surface area contributed by atoms with E-state index in [0.717, 1.165) is 17.7 Å². The predicted octanol–water partition coefficient (Wildman–Crippen LogP) is 6.54. The Morgan fingerprint density at radius 2 is 1.30 bits per heavy atom. The van der Waals surface area contributed by atoms with Crippen LogP contribution in [0.1, 0.15) is 109 Å². The molecular formula is C17H34N2S. The van der Waals surface area contributed by atoms with Crippen LogP contribution in [0.3, 0.4) is 0 Å². The van der Waals surface area contributed by atoms with Crippen molar-refractivity contribution in [2.24, 2.45) is 0 Å². The second-order valence-corrected chi connectivity index (χ2v) is 5.38. The van der Waals surface area contributed by atoms with Crippen LogP contribution in [0.25, 0.3) is 0 Å². The summed E-state index contributed by atoms with van der Waals surface area (Å²) in [6, 6.07) is 0. The summed E-state index contributed by atoms with van der Waals surface area (Å²) in [7, 11) is 0. The molecule has 0 bridgehead atoms. The van der Waals surface area contributed by atoms with Crippen LogP contribution in [-0.4, -0.2) is 9.36 Å². The van der Waals surface area contributed by atoms with E-state index in [1.54, 1.807) is 11.5 Å². The number of hydrogen-bond acceptors (Lipinski definition) is 3. The van der Waals surface area contributed by atoms with Crippen molar-refractivity contribution in [2.45, 2.75) is 98.3 Å². The van der Waals surface area contributed by atoms with Gasteiger partial charge < -0.3 is 0 Å². The highest BCUT2D eigenvalue weighted by atomic mass is 32.1. The van der Waals surface area contributed by atoms with Gasteiger partial charge in [-0.15, -0.1) is 0 Å². The molecule has 1 aromatic heterocycles. The Labute approximate surface area is 130 Å². The van der Waals surface area contributed by atoms with Crippen LogP contribution >= 0.6 is 11.5 Å². The monoisotopic (exact) mass is 298 g/mol. The Bertz CT molecular complexity index is 313. The zero-order chi connectivity index (χ0) is 15.4. The van der Waals surface area contributed by atoms with Crippen molar-refractivity contribution in [1.29, 1.82) is 0 Å². The molecule has 0 atom stereocenters. The summed E-state index contributed by atoms with van der Waals surface area (Å²) in [5.41, 5.74) is 0. The molecule has 2 saturated carbocycles. The molecule has 1 heterocycles. The van der Waals surface area contributed by atoms with Crippen LogP contribution in [0, 0.1) is 0 Å². The van der Waals surface area contributed by atoms with Gasteiger partial charge in [0.2, 0.25) is 0 Å². The van der Waals surface area contributed by atoms with E-state index in [4.69, 9.17) is 4.98 Å². The third kappa shape index (κ3) is 6.34. The molecule has 0 radical (unpaired) electrons. The largest absolute Gasteiger partial charge is 0.224 e. The SMILES string of the molecule is C1CCC(c2nc(C3CC3)ns2)CC1.CC.CC.CC. The highest BCUT2D eigenvalue weighted by Crippen LogP contribution is 2.40. The Morgan fingerprint density at radius 3 is 1.80 bits per heavy atom. The van der Waals surface area contributed by atoms with Gasteiger partial charge in [0.05, 0.1) is 0 Å². The van der Waals surface area contributed by atoms with Gasteiger partial charge in [0.15, 0.2) is 0 Å². The van der Waals surface area contributed by atoms with E-state index in [9.17, 15) is 0 Å². The molecule has 2 aliphatic rings. The fourth-order valence-corrected chi connectivity index (χ4v) is 3.17. The van der Waals surface area contributed by atoms with Crippen LogP contribution in [0.15, 0.2) is 0 Å². The van der Waals surface area contributed by atoms with Crippen molar-refractivity contribution in [3.63, 3.8) is 0 Å².